The zero-order valence-corrected chi connectivity index (χ0v) is 16.1. The summed E-state index contributed by atoms with van der Waals surface area (Å²) in [5, 5.41) is 5.43. The van der Waals surface area contributed by atoms with E-state index in [0.717, 1.165) is 29.0 Å². The van der Waals surface area contributed by atoms with Gasteiger partial charge in [0.25, 0.3) is 5.91 Å². The van der Waals surface area contributed by atoms with Crippen LogP contribution in [0.5, 0.6) is 11.5 Å². The lowest BCUT2D eigenvalue weighted by molar-refractivity contribution is 0.0947. The standard InChI is InChI=1S/C21H19FN2O3S/c1-26-19-10-14(21-24-17(12-28-21)20(25)23-16-6-7-16)5-8-18(19)27-11-13-3-2-4-15(22)9-13/h2-5,8-10,12,16H,6-7,11H2,1H3,(H,23,25). The van der Waals surface area contributed by atoms with Crippen LogP contribution in [-0.2, 0) is 6.61 Å². The van der Waals surface area contributed by atoms with Crippen molar-refractivity contribution >= 4 is 17.2 Å². The van der Waals surface area contributed by atoms with Gasteiger partial charge in [0.15, 0.2) is 11.5 Å². The Balaban J connectivity index is 1.48. The minimum Gasteiger partial charge on any atom is -0.493 e. The van der Waals surface area contributed by atoms with Gasteiger partial charge in [-0.05, 0) is 48.7 Å². The third kappa shape index (κ3) is 4.31. The van der Waals surface area contributed by atoms with Gasteiger partial charge in [-0.1, -0.05) is 12.1 Å². The van der Waals surface area contributed by atoms with Crippen molar-refractivity contribution in [2.24, 2.45) is 0 Å². The van der Waals surface area contributed by atoms with Gasteiger partial charge < -0.3 is 14.8 Å². The van der Waals surface area contributed by atoms with Crippen LogP contribution in [0.3, 0.4) is 0 Å². The Kier molecular flexibility index (Phi) is 5.25. The molecule has 1 N–H and O–H groups in total. The second-order valence-electron chi connectivity index (χ2n) is 6.57. The Hall–Kier alpha value is -2.93. The second-order valence-corrected chi connectivity index (χ2v) is 7.43. The molecule has 1 saturated carbocycles. The number of hydrogen-bond acceptors (Lipinski definition) is 5. The molecule has 4 rings (SSSR count). The van der Waals surface area contributed by atoms with Crippen LogP contribution in [0.25, 0.3) is 10.6 Å². The number of aromatic nitrogens is 1. The number of methoxy groups -OCH3 is 1. The molecule has 1 aliphatic rings. The maximum absolute atomic E-state index is 13.3. The molecule has 0 aliphatic heterocycles. The fourth-order valence-corrected chi connectivity index (χ4v) is 3.50. The smallest absolute Gasteiger partial charge is 0.270 e. The number of thiazole rings is 1. The molecule has 1 aromatic heterocycles. The third-order valence-corrected chi connectivity index (χ3v) is 5.23. The molecule has 0 atom stereocenters. The fraction of sp³-hybridized carbons (Fsp3) is 0.238. The molecule has 0 spiro atoms. The molecule has 1 fully saturated rings. The minimum atomic E-state index is -0.297. The van der Waals surface area contributed by atoms with Gasteiger partial charge in [-0.3, -0.25) is 4.79 Å². The lowest BCUT2D eigenvalue weighted by Gasteiger charge is -2.12. The van der Waals surface area contributed by atoms with E-state index in [-0.39, 0.29) is 18.3 Å². The summed E-state index contributed by atoms with van der Waals surface area (Å²) in [6.45, 7) is 0.232. The number of ether oxygens (including phenoxy) is 2. The molecule has 144 valence electrons. The summed E-state index contributed by atoms with van der Waals surface area (Å²) in [7, 11) is 1.56. The quantitative estimate of drug-likeness (QED) is 0.640. The van der Waals surface area contributed by atoms with Crippen molar-refractivity contribution in [3.05, 3.63) is 64.9 Å². The predicted molar refractivity (Wildman–Crippen MR) is 105 cm³/mol. The summed E-state index contributed by atoms with van der Waals surface area (Å²) in [5.74, 6) is 0.674. The highest BCUT2D eigenvalue weighted by atomic mass is 32.1. The van der Waals surface area contributed by atoms with E-state index in [2.05, 4.69) is 10.3 Å². The predicted octanol–water partition coefficient (Wildman–Crippen LogP) is 4.43. The van der Waals surface area contributed by atoms with E-state index < -0.39 is 0 Å². The summed E-state index contributed by atoms with van der Waals surface area (Å²) < 4.78 is 24.5. The van der Waals surface area contributed by atoms with Gasteiger partial charge in [-0.15, -0.1) is 11.3 Å². The first kappa shape index (κ1) is 18.4. The molecule has 1 aliphatic carbocycles. The Bertz CT molecular complexity index is 1000. The average Bonchev–Trinajstić information content (AvgIpc) is 3.37. The van der Waals surface area contributed by atoms with Crippen molar-refractivity contribution in [3.8, 4) is 22.1 Å². The fourth-order valence-electron chi connectivity index (χ4n) is 2.71. The van der Waals surface area contributed by atoms with Crippen LogP contribution in [0.2, 0.25) is 0 Å². The van der Waals surface area contributed by atoms with Crippen LogP contribution in [0.4, 0.5) is 4.39 Å². The number of amides is 1. The second kappa shape index (κ2) is 7.98. The average molecular weight is 398 g/mol. The van der Waals surface area contributed by atoms with Crippen molar-refractivity contribution in [3.63, 3.8) is 0 Å². The molecule has 3 aromatic rings. The van der Waals surface area contributed by atoms with E-state index in [4.69, 9.17) is 9.47 Å². The van der Waals surface area contributed by atoms with Crippen LogP contribution < -0.4 is 14.8 Å². The lowest BCUT2D eigenvalue weighted by Crippen LogP contribution is -2.25. The first-order chi connectivity index (χ1) is 13.6. The van der Waals surface area contributed by atoms with Gasteiger partial charge in [0, 0.05) is 17.0 Å². The molecular formula is C21H19FN2O3S. The van der Waals surface area contributed by atoms with E-state index in [1.54, 1.807) is 30.7 Å². The van der Waals surface area contributed by atoms with E-state index in [0.29, 0.717) is 23.2 Å². The molecule has 7 heteroatoms. The first-order valence-electron chi connectivity index (χ1n) is 8.94. The largest absolute Gasteiger partial charge is 0.493 e. The number of nitrogens with zero attached hydrogens (tertiary/aromatic N) is 1. The van der Waals surface area contributed by atoms with Crippen molar-refractivity contribution in [1.82, 2.24) is 10.3 Å². The Labute approximate surface area is 166 Å². The summed E-state index contributed by atoms with van der Waals surface area (Å²) >= 11 is 1.41. The van der Waals surface area contributed by atoms with Crippen molar-refractivity contribution in [1.29, 1.82) is 0 Å². The van der Waals surface area contributed by atoms with Gasteiger partial charge in [-0.2, -0.15) is 0 Å². The Morgan fingerprint density at radius 2 is 2.11 bits per heavy atom. The number of halogens is 1. The van der Waals surface area contributed by atoms with E-state index >= 15 is 0 Å². The highest BCUT2D eigenvalue weighted by Gasteiger charge is 2.25. The normalized spacial score (nSPS) is 13.2. The first-order valence-corrected chi connectivity index (χ1v) is 9.82. The minimum absolute atomic E-state index is 0.132. The van der Waals surface area contributed by atoms with Gasteiger partial charge in [0.2, 0.25) is 0 Å². The number of hydrogen-bond donors (Lipinski definition) is 1. The van der Waals surface area contributed by atoms with Crippen LogP contribution in [-0.4, -0.2) is 24.0 Å². The molecule has 0 radical (unpaired) electrons. The summed E-state index contributed by atoms with van der Waals surface area (Å²) in [5.41, 5.74) is 2.00. The molecule has 5 nitrogen and oxygen atoms in total. The van der Waals surface area contributed by atoms with Gasteiger partial charge in [-0.25, -0.2) is 9.37 Å². The molecule has 1 amide bonds. The van der Waals surface area contributed by atoms with Crippen molar-refractivity contribution < 1.29 is 18.7 Å². The number of benzene rings is 2. The third-order valence-electron chi connectivity index (χ3n) is 4.34. The van der Waals surface area contributed by atoms with E-state index in [9.17, 15) is 9.18 Å². The molecule has 1 heterocycles. The van der Waals surface area contributed by atoms with Crippen molar-refractivity contribution in [2.75, 3.05) is 7.11 Å². The van der Waals surface area contributed by atoms with Crippen molar-refractivity contribution in [2.45, 2.75) is 25.5 Å². The van der Waals surface area contributed by atoms with Crippen LogP contribution in [0.15, 0.2) is 47.8 Å². The van der Waals surface area contributed by atoms with Crippen LogP contribution in [0, 0.1) is 5.82 Å². The van der Waals surface area contributed by atoms with Gasteiger partial charge >= 0.3 is 0 Å². The summed E-state index contributed by atoms with van der Waals surface area (Å²) in [6.07, 6.45) is 2.08. The summed E-state index contributed by atoms with van der Waals surface area (Å²) in [4.78, 5) is 16.6. The van der Waals surface area contributed by atoms with E-state index in [1.165, 1.54) is 23.5 Å². The number of carbonyl (C=O) groups excluding carboxylic acids is 1. The Morgan fingerprint density at radius 3 is 2.86 bits per heavy atom. The SMILES string of the molecule is COc1cc(-c2nc(C(=O)NC3CC3)cs2)ccc1OCc1cccc(F)c1. The maximum atomic E-state index is 13.3. The van der Waals surface area contributed by atoms with Crippen LogP contribution >= 0.6 is 11.3 Å². The number of rotatable bonds is 7. The molecular weight excluding hydrogens is 379 g/mol. The molecule has 28 heavy (non-hydrogen) atoms. The van der Waals surface area contributed by atoms with Crippen LogP contribution in [0.1, 0.15) is 28.9 Å². The monoisotopic (exact) mass is 398 g/mol. The number of carbonyl (C=O) groups is 1. The zero-order valence-electron chi connectivity index (χ0n) is 15.3. The molecule has 0 unspecified atom stereocenters. The molecule has 0 bridgehead atoms. The topological polar surface area (TPSA) is 60.5 Å². The summed E-state index contributed by atoms with van der Waals surface area (Å²) in [6, 6.07) is 12.1. The number of nitrogens with one attached hydrogen (secondary N) is 1. The van der Waals surface area contributed by atoms with E-state index in [1.807, 2.05) is 12.1 Å². The maximum Gasteiger partial charge on any atom is 0.270 e. The molecule has 0 saturated heterocycles. The zero-order chi connectivity index (χ0) is 19.5. The highest BCUT2D eigenvalue weighted by Crippen LogP contribution is 2.34. The van der Waals surface area contributed by atoms with Gasteiger partial charge in [0.05, 0.1) is 7.11 Å². The molecule has 2 aromatic carbocycles. The lowest BCUT2D eigenvalue weighted by atomic mass is 10.2. The Morgan fingerprint density at radius 1 is 1.25 bits per heavy atom. The highest BCUT2D eigenvalue weighted by molar-refractivity contribution is 7.13. The van der Waals surface area contributed by atoms with Gasteiger partial charge in [0.1, 0.15) is 23.1 Å².